The number of nitrogen functional groups attached to an aromatic ring is 1. The SMILES string of the molecule is COCC(C)N(C)Cc1ccc(N)c(F)c1. The molecule has 4 heteroatoms. The first-order valence-corrected chi connectivity index (χ1v) is 5.27. The number of methoxy groups -OCH3 is 1. The van der Waals surface area contributed by atoms with E-state index in [1.165, 1.54) is 6.07 Å². The first kappa shape index (κ1) is 12.9. The van der Waals surface area contributed by atoms with Gasteiger partial charge in [-0.2, -0.15) is 0 Å². The molecule has 1 aromatic rings. The van der Waals surface area contributed by atoms with Gasteiger partial charge in [0.1, 0.15) is 5.82 Å². The predicted molar refractivity (Wildman–Crippen MR) is 63.6 cm³/mol. The zero-order valence-corrected chi connectivity index (χ0v) is 10.0. The summed E-state index contributed by atoms with van der Waals surface area (Å²) in [5, 5.41) is 0. The van der Waals surface area contributed by atoms with Crippen LogP contribution in [0.15, 0.2) is 18.2 Å². The van der Waals surface area contributed by atoms with Crippen LogP contribution < -0.4 is 5.73 Å². The molecule has 2 N–H and O–H groups in total. The standard InChI is InChI=1S/C12H19FN2O/c1-9(8-16-3)15(2)7-10-4-5-12(14)11(13)6-10/h4-6,9H,7-8,14H2,1-3H3. The van der Waals surface area contributed by atoms with Crippen molar-refractivity contribution in [2.75, 3.05) is 26.5 Å². The number of likely N-dealkylation sites (N-methyl/N-ethyl adjacent to an activating group) is 1. The van der Waals surface area contributed by atoms with Gasteiger partial charge in [0.2, 0.25) is 0 Å². The third kappa shape index (κ3) is 3.47. The molecule has 3 nitrogen and oxygen atoms in total. The molecular weight excluding hydrogens is 207 g/mol. The van der Waals surface area contributed by atoms with E-state index in [0.717, 1.165) is 5.56 Å². The van der Waals surface area contributed by atoms with Gasteiger partial charge >= 0.3 is 0 Å². The molecule has 0 fully saturated rings. The molecule has 0 bridgehead atoms. The van der Waals surface area contributed by atoms with Gasteiger partial charge in [-0.05, 0) is 31.7 Å². The molecule has 0 aliphatic carbocycles. The van der Waals surface area contributed by atoms with E-state index in [0.29, 0.717) is 19.2 Å². The van der Waals surface area contributed by atoms with Gasteiger partial charge < -0.3 is 10.5 Å². The van der Waals surface area contributed by atoms with Gasteiger partial charge in [0.05, 0.1) is 12.3 Å². The lowest BCUT2D eigenvalue weighted by Crippen LogP contribution is -2.32. The highest BCUT2D eigenvalue weighted by atomic mass is 19.1. The smallest absolute Gasteiger partial charge is 0.146 e. The minimum atomic E-state index is -0.356. The van der Waals surface area contributed by atoms with Crippen LogP contribution in [0.4, 0.5) is 10.1 Å². The fraction of sp³-hybridized carbons (Fsp3) is 0.500. The zero-order chi connectivity index (χ0) is 12.1. The summed E-state index contributed by atoms with van der Waals surface area (Å²) < 4.78 is 18.3. The summed E-state index contributed by atoms with van der Waals surface area (Å²) in [5.74, 6) is -0.356. The van der Waals surface area contributed by atoms with Crippen molar-refractivity contribution in [3.8, 4) is 0 Å². The van der Waals surface area contributed by atoms with Crippen molar-refractivity contribution in [1.82, 2.24) is 4.90 Å². The summed E-state index contributed by atoms with van der Waals surface area (Å²) >= 11 is 0. The van der Waals surface area contributed by atoms with E-state index in [4.69, 9.17) is 10.5 Å². The Kier molecular flexibility index (Phi) is 4.71. The Labute approximate surface area is 96.0 Å². The van der Waals surface area contributed by atoms with Crippen LogP contribution in [-0.2, 0) is 11.3 Å². The largest absolute Gasteiger partial charge is 0.396 e. The van der Waals surface area contributed by atoms with Crippen molar-refractivity contribution >= 4 is 5.69 Å². The van der Waals surface area contributed by atoms with Gasteiger partial charge in [-0.25, -0.2) is 4.39 Å². The van der Waals surface area contributed by atoms with Crippen molar-refractivity contribution in [2.45, 2.75) is 19.5 Å². The van der Waals surface area contributed by atoms with E-state index in [1.54, 1.807) is 13.2 Å². The van der Waals surface area contributed by atoms with Crippen LogP contribution in [0.25, 0.3) is 0 Å². The Hall–Kier alpha value is -1.13. The molecule has 90 valence electrons. The molecular formula is C12H19FN2O. The van der Waals surface area contributed by atoms with Crippen LogP contribution in [0.5, 0.6) is 0 Å². The van der Waals surface area contributed by atoms with Gasteiger partial charge in [0.15, 0.2) is 0 Å². The molecule has 0 spiro atoms. The molecule has 0 saturated carbocycles. The fourth-order valence-electron chi connectivity index (χ4n) is 1.48. The van der Waals surface area contributed by atoms with Gasteiger partial charge in [0, 0.05) is 19.7 Å². The topological polar surface area (TPSA) is 38.5 Å². The van der Waals surface area contributed by atoms with E-state index in [9.17, 15) is 4.39 Å². The molecule has 0 amide bonds. The number of rotatable bonds is 5. The van der Waals surface area contributed by atoms with Crippen LogP contribution in [0, 0.1) is 5.82 Å². The first-order valence-electron chi connectivity index (χ1n) is 5.27. The maximum absolute atomic E-state index is 13.2. The first-order chi connectivity index (χ1) is 7.54. The van der Waals surface area contributed by atoms with Crippen LogP contribution in [0.3, 0.4) is 0 Å². The highest BCUT2D eigenvalue weighted by Crippen LogP contribution is 2.14. The maximum Gasteiger partial charge on any atom is 0.146 e. The Morgan fingerprint density at radius 1 is 1.50 bits per heavy atom. The number of halogens is 1. The number of nitrogens with zero attached hydrogens (tertiary/aromatic N) is 1. The van der Waals surface area contributed by atoms with Crippen molar-refractivity contribution < 1.29 is 9.13 Å². The monoisotopic (exact) mass is 226 g/mol. The van der Waals surface area contributed by atoms with Crippen LogP contribution in [-0.4, -0.2) is 31.7 Å². The number of hydrogen-bond acceptors (Lipinski definition) is 3. The minimum Gasteiger partial charge on any atom is -0.396 e. The molecule has 1 rings (SSSR count). The Balaban J connectivity index is 2.62. The molecule has 1 unspecified atom stereocenters. The highest BCUT2D eigenvalue weighted by molar-refractivity contribution is 5.41. The number of benzene rings is 1. The van der Waals surface area contributed by atoms with E-state index >= 15 is 0 Å². The minimum absolute atomic E-state index is 0.191. The average molecular weight is 226 g/mol. The van der Waals surface area contributed by atoms with E-state index in [2.05, 4.69) is 11.8 Å². The second kappa shape index (κ2) is 5.82. The van der Waals surface area contributed by atoms with Crippen molar-refractivity contribution in [3.63, 3.8) is 0 Å². The Bertz CT molecular complexity index is 344. The molecule has 1 atom stereocenters. The average Bonchev–Trinajstić information content (AvgIpc) is 2.24. The van der Waals surface area contributed by atoms with Gasteiger partial charge in [-0.3, -0.25) is 4.90 Å². The highest BCUT2D eigenvalue weighted by Gasteiger charge is 2.10. The van der Waals surface area contributed by atoms with E-state index in [-0.39, 0.29) is 11.5 Å². The van der Waals surface area contributed by atoms with Crippen molar-refractivity contribution in [1.29, 1.82) is 0 Å². The van der Waals surface area contributed by atoms with Gasteiger partial charge in [0.25, 0.3) is 0 Å². The maximum atomic E-state index is 13.2. The normalized spacial score (nSPS) is 13.1. The molecule has 0 aliphatic heterocycles. The van der Waals surface area contributed by atoms with E-state index < -0.39 is 0 Å². The van der Waals surface area contributed by atoms with Gasteiger partial charge in [-0.15, -0.1) is 0 Å². The second-order valence-corrected chi connectivity index (χ2v) is 4.08. The Morgan fingerprint density at radius 3 is 2.75 bits per heavy atom. The number of anilines is 1. The lowest BCUT2D eigenvalue weighted by atomic mass is 10.1. The number of nitrogens with two attached hydrogens (primary N) is 1. The fourth-order valence-corrected chi connectivity index (χ4v) is 1.48. The number of hydrogen-bond donors (Lipinski definition) is 1. The third-order valence-electron chi connectivity index (χ3n) is 2.66. The summed E-state index contributed by atoms with van der Waals surface area (Å²) in [5.41, 5.74) is 6.52. The zero-order valence-electron chi connectivity index (χ0n) is 10.0. The van der Waals surface area contributed by atoms with Gasteiger partial charge in [-0.1, -0.05) is 6.07 Å². The van der Waals surface area contributed by atoms with Crippen LogP contribution in [0.1, 0.15) is 12.5 Å². The molecule has 0 saturated heterocycles. The molecule has 0 aliphatic rings. The molecule has 16 heavy (non-hydrogen) atoms. The molecule has 0 radical (unpaired) electrons. The summed E-state index contributed by atoms with van der Waals surface area (Å²) in [6.45, 7) is 3.41. The quantitative estimate of drug-likeness (QED) is 0.779. The third-order valence-corrected chi connectivity index (χ3v) is 2.66. The lowest BCUT2D eigenvalue weighted by molar-refractivity contribution is 0.112. The predicted octanol–water partition coefficient (Wildman–Crippen LogP) is 1.87. The second-order valence-electron chi connectivity index (χ2n) is 4.08. The van der Waals surface area contributed by atoms with Crippen LogP contribution in [0.2, 0.25) is 0 Å². The molecule has 0 aromatic heterocycles. The van der Waals surface area contributed by atoms with E-state index in [1.807, 2.05) is 13.1 Å². The van der Waals surface area contributed by atoms with Crippen LogP contribution >= 0.6 is 0 Å². The summed E-state index contributed by atoms with van der Waals surface area (Å²) in [7, 11) is 3.66. The summed E-state index contributed by atoms with van der Waals surface area (Å²) in [6, 6.07) is 5.21. The summed E-state index contributed by atoms with van der Waals surface area (Å²) in [4.78, 5) is 2.11. The summed E-state index contributed by atoms with van der Waals surface area (Å²) in [6.07, 6.45) is 0. The molecule has 0 heterocycles. The Morgan fingerprint density at radius 2 is 2.19 bits per heavy atom. The lowest BCUT2D eigenvalue weighted by Gasteiger charge is -2.24. The molecule has 1 aromatic carbocycles. The number of ether oxygens (including phenoxy) is 1. The van der Waals surface area contributed by atoms with Crippen molar-refractivity contribution in [3.05, 3.63) is 29.6 Å². The van der Waals surface area contributed by atoms with Crippen molar-refractivity contribution in [2.24, 2.45) is 0 Å².